The number of rotatable bonds is 5. The van der Waals surface area contributed by atoms with Gasteiger partial charge in [-0.3, -0.25) is 4.79 Å². The molecular weight excluding hydrogens is 264 g/mol. The van der Waals surface area contributed by atoms with E-state index in [4.69, 9.17) is 4.74 Å². The molecule has 19 heavy (non-hydrogen) atoms. The van der Waals surface area contributed by atoms with Crippen LogP contribution in [0.1, 0.15) is 17.5 Å². The van der Waals surface area contributed by atoms with Crippen LogP contribution >= 0.6 is 12.4 Å². The molecule has 1 unspecified atom stereocenters. The molecule has 2 rings (SSSR count). The summed E-state index contributed by atoms with van der Waals surface area (Å²) >= 11 is 0. The average Bonchev–Trinajstić information content (AvgIpc) is 2.91. The van der Waals surface area contributed by atoms with Gasteiger partial charge in [0.05, 0.1) is 12.5 Å². The molecule has 1 atom stereocenters. The number of carbonyl (C=O) groups is 1. The number of amides is 1. The Morgan fingerprint density at radius 2 is 2.26 bits per heavy atom. The summed E-state index contributed by atoms with van der Waals surface area (Å²) in [4.78, 5) is 11.9. The van der Waals surface area contributed by atoms with Crippen LogP contribution < -0.4 is 10.6 Å². The zero-order valence-electron chi connectivity index (χ0n) is 11.1. The third-order valence-corrected chi connectivity index (χ3v) is 3.20. The first kappa shape index (κ1) is 16.0. The molecule has 1 saturated heterocycles. The largest absolute Gasteiger partial charge is 0.380 e. The SMILES string of the molecule is COCc1cccc(CNC(=O)C2CCNC2)c1.Cl. The fraction of sp³-hybridized carbons (Fsp3) is 0.500. The molecule has 1 heterocycles. The molecule has 0 radical (unpaired) electrons. The van der Waals surface area contributed by atoms with Gasteiger partial charge in [0.1, 0.15) is 0 Å². The number of methoxy groups -OCH3 is 1. The predicted molar refractivity (Wildman–Crippen MR) is 77.2 cm³/mol. The van der Waals surface area contributed by atoms with E-state index in [-0.39, 0.29) is 24.2 Å². The van der Waals surface area contributed by atoms with Crippen LogP contribution in [0.2, 0.25) is 0 Å². The van der Waals surface area contributed by atoms with Gasteiger partial charge in [-0.25, -0.2) is 0 Å². The molecule has 0 bridgehead atoms. The summed E-state index contributed by atoms with van der Waals surface area (Å²) < 4.78 is 5.09. The van der Waals surface area contributed by atoms with Crippen molar-refractivity contribution in [2.45, 2.75) is 19.6 Å². The molecule has 0 aliphatic carbocycles. The van der Waals surface area contributed by atoms with Crippen molar-refractivity contribution < 1.29 is 9.53 Å². The fourth-order valence-electron chi connectivity index (χ4n) is 2.21. The Balaban J connectivity index is 0.00000180. The van der Waals surface area contributed by atoms with Crippen molar-refractivity contribution >= 4 is 18.3 Å². The van der Waals surface area contributed by atoms with Crippen LogP contribution in [0.5, 0.6) is 0 Å². The van der Waals surface area contributed by atoms with Gasteiger partial charge in [0, 0.05) is 20.2 Å². The summed E-state index contributed by atoms with van der Waals surface area (Å²) in [5, 5.41) is 6.19. The molecule has 1 aliphatic heterocycles. The minimum Gasteiger partial charge on any atom is -0.380 e. The van der Waals surface area contributed by atoms with E-state index in [1.165, 1.54) is 0 Å². The van der Waals surface area contributed by atoms with Crippen LogP contribution in [0.15, 0.2) is 24.3 Å². The molecule has 0 spiro atoms. The Labute approximate surface area is 120 Å². The number of nitrogens with one attached hydrogen (secondary N) is 2. The van der Waals surface area contributed by atoms with Gasteiger partial charge in [0.2, 0.25) is 5.91 Å². The molecule has 1 fully saturated rings. The summed E-state index contributed by atoms with van der Waals surface area (Å²) in [7, 11) is 1.68. The Morgan fingerprint density at radius 1 is 1.47 bits per heavy atom. The first-order chi connectivity index (χ1) is 8.79. The first-order valence-corrected chi connectivity index (χ1v) is 6.35. The van der Waals surface area contributed by atoms with Crippen LogP contribution in [0.4, 0.5) is 0 Å². The molecule has 1 aromatic rings. The lowest BCUT2D eigenvalue weighted by molar-refractivity contribution is -0.124. The van der Waals surface area contributed by atoms with Gasteiger partial charge in [0.25, 0.3) is 0 Å². The number of hydrogen-bond donors (Lipinski definition) is 2. The second-order valence-electron chi connectivity index (χ2n) is 4.66. The summed E-state index contributed by atoms with van der Waals surface area (Å²) in [6.07, 6.45) is 0.940. The molecule has 0 aromatic heterocycles. The molecule has 106 valence electrons. The predicted octanol–water partition coefficient (Wildman–Crippen LogP) is 1.48. The van der Waals surface area contributed by atoms with Gasteiger partial charge in [-0.2, -0.15) is 0 Å². The highest BCUT2D eigenvalue weighted by Gasteiger charge is 2.21. The lowest BCUT2D eigenvalue weighted by Crippen LogP contribution is -2.31. The van der Waals surface area contributed by atoms with Crippen LogP contribution in [0.25, 0.3) is 0 Å². The molecule has 2 N–H and O–H groups in total. The van der Waals surface area contributed by atoms with E-state index in [1.54, 1.807) is 7.11 Å². The number of benzene rings is 1. The zero-order valence-corrected chi connectivity index (χ0v) is 12.0. The molecule has 0 saturated carbocycles. The highest BCUT2D eigenvalue weighted by atomic mass is 35.5. The highest BCUT2D eigenvalue weighted by molar-refractivity contribution is 5.85. The monoisotopic (exact) mass is 284 g/mol. The smallest absolute Gasteiger partial charge is 0.224 e. The van der Waals surface area contributed by atoms with Gasteiger partial charge in [-0.15, -0.1) is 12.4 Å². The van der Waals surface area contributed by atoms with Crippen LogP contribution in [0, 0.1) is 5.92 Å². The summed E-state index contributed by atoms with van der Waals surface area (Å²) in [6.45, 7) is 2.94. The summed E-state index contributed by atoms with van der Waals surface area (Å²) in [5.74, 6) is 0.282. The maximum absolute atomic E-state index is 11.9. The van der Waals surface area contributed by atoms with Crippen molar-refractivity contribution in [1.29, 1.82) is 0 Å². The Kier molecular flexibility index (Phi) is 6.84. The minimum absolute atomic E-state index is 0. The van der Waals surface area contributed by atoms with Crippen molar-refractivity contribution in [2.24, 2.45) is 5.92 Å². The van der Waals surface area contributed by atoms with E-state index >= 15 is 0 Å². The minimum atomic E-state index is 0. The highest BCUT2D eigenvalue weighted by Crippen LogP contribution is 2.09. The maximum Gasteiger partial charge on any atom is 0.224 e. The van der Waals surface area contributed by atoms with Crippen LogP contribution in [-0.2, 0) is 22.7 Å². The third kappa shape index (κ3) is 4.82. The van der Waals surface area contributed by atoms with Crippen molar-refractivity contribution in [3.63, 3.8) is 0 Å². The molecule has 1 amide bonds. The summed E-state index contributed by atoms with van der Waals surface area (Å²) in [5.41, 5.74) is 2.25. The van der Waals surface area contributed by atoms with E-state index < -0.39 is 0 Å². The van der Waals surface area contributed by atoms with Gasteiger partial charge in [0.15, 0.2) is 0 Å². The molecule has 4 nitrogen and oxygen atoms in total. The third-order valence-electron chi connectivity index (χ3n) is 3.20. The number of carbonyl (C=O) groups excluding carboxylic acids is 1. The second kappa shape index (κ2) is 8.15. The normalized spacial score (nSPS) is 17.8. The lowest BCUT2D eigenvalue weighted by atomic mass is 10.1. The molecule has 1 aromatic carbocycles. The molecule has 1 aliphatic rings. The summed E-state index contributed by atoms with van der Waals surface area (Å²) in [6, 6.07) is 8.10. The Hall–Kier alpha value is -1.10. The first-order valence-electron chi connectivity index (χ1n) is 6.35. The van der Waals surface area contributed by atoms with Gasteiger partial charge >= 0.3 is 0 Å². The van der Waals surface area contributed by atoms with E-state index in [1.807, 2.05) is 18.2 Å². The van der Waals surface area contributed by atoms with Gasteiger partial charge in [-0.05, 0) is 24.1 Å². The average molecular weight is 285 g/mol. The van der Waals surface area contributed by atoms with Crippen molar-refractivity contribution in [3.05, 3.63) is 35.4 Å². The van der Waals surface area contributed by atoms with Crippen LogP contribution in [-0.4, -0.2) is 26.1 Å². The standard InChI is InChI=1S/C14H20N2O2.ClH/c1-18-10-12-4-2-3-11(7-12)8-16-14(17)13-5-6-15-9-13;/h2-4,7,13,15H,5-6,8-10H2,1H3,(H,16,17);1H. The fourth-order valence-corrected chi connectivity index (χ4v) is 2.21. The van der Waals surface area contributed by atoms with E-state index in [9.17, 15) is 4.79 Å². The van der Waals surface area contributed by atoms with Crippen molar-refractivity contribution in [3.8, 4) is 0 Å². The van der Waals surface area contributed by atoms with Crippen molar-refractivity contribution in [2.75, 3.05) is 20.2 Å². The van der Waals surface area contributed by atoms with Crippen molar-refractivity contribution in [1.82, 2.24) is 10.6 Å². The number of hydrogen-bond acceptors (Lipinski definition) is 3. The lowest BCUT2D eigenvalue weighted by Gasteiger charge is -2.10. The molecule has 5 heteroatoms. The number of halogens is 1. The zero-order chi connectivity index (χ0) is 12.8. The second-order valence-corrected chi connectivity index (χ2v) is 4.66. The quantitative estimate of drug-likeness (QED) is 0.861. The Morgan fingerprint density at radius 3 is 2.95 bits per heavy atom. The van der Waals surface area contributed by atoms with E-state index in [0.717, 1.165) is 30.6 Å². The Bertz CT molecular complexity index is 406. The van der Waals surface area contributed by atoms with Gasteiger partial charge < -0.3 is 15.4 Å². The van der Waals surface area contributed by atoms with Gasteiger partial charge in [-0.1, -0.05) is 24.3 Å². The van der Waals surface area contributed by atoms with Crippen LogP contribution in [0.3, 0.4) is 0 Å². The van der Waals surface area contributed by atoms with E-state index in [0.29, 0.717) is 13.2 Å². The maximum atomic E-state index is 11.9. The van der Waals surface area contributed by atoms with E-state index in [2.05, 4.69) is 16.7 Å². The molecular formula is C14H21ClN2O2. The number of ether oxygens (including phenoxy) is 1. The topological polar surface area (TPSA) is 50.4 Å².